The highest BCUT2D eigenvalue weighted by molar-refractivity contribution is 7.71. The van der Waals surface area contributed by atoms with Crippen LogP contribution in [0.5, 0.6) is 11.5 Å². The maximum atomic E-state index is 12.4. The number of hydrogen-bond donors (Lipinski definition) is 1. The largest absolute Gasteiger partial charge is 0.493 e. The van der Waals surface area contributed by atoms with Crippen LogP contribution in [0.1, 0.15) is 0 Å². The van der Waals surface area contributed by atoms with Gasteiger partial charge in [0.05, 0.1) is 25.1 Å². The molecule has 6 nitrogen and oxygen atoms in total. The van der Waals surface area contributed by atoms with Crippen LogP contribution < -0.4 is 20.0 Å². The van der Waals surface area contributed by atoms with Gasteiger partial charge in [-0.05, 0) is 18.3 Å². The van der Waals surface area contributed by atoms with Crippen LogP contribution in [0.25, 0.3) is 10.9 Å². The first-order chi connectivity index (χ1) is 8.99. The minimum Gasteiger partial charge on any atom is -0.493 e. The Morgan fingerprint density at radius 1 is 1.21 bits per heavy atom. The van der Waals surface area contributed by atoms with E-state index in [2.05, 4.69) is 4.98 Å². The molecule has 1 heterocycles. The molecule has 0 saturated heterocycles. The normalized spacial score (nSPS) is 10.5. The summed E-state index contributed by atoms with van der Waals surface area (Å²) in [5, 5.41) is 2.11. The molecule has 102 valence electrons. The molecule has 0 aliphatic rings. The fraction of sp³-hybridized carbons (Fsp3) is 0.333. The second kappa shape index (κ2) is 4.93. The van der Waals surface area contributed by atoms with E-state index < -0.39 is 0 Å². The molecule has 0 fully saturated rings. The maximum Gasteiger partial charge on any atom is 0.281 e. The summed E-state index contributed by atoms with van der Waals surface area (Å²) in [5.41, 5.74) is 0.412. The standard InChI is InChI=1S/C12H15N3O3S/c1-14(2)15-11(16)7-5-9(17-3)10(18-4)6-8(7)13-12(15)19/h5-6H,1-4H3,(H,13,19). The number of methoxy groups -OCH3 is 2. The Hall–Kier alpha value is -2.02. The topological polar surface area (TPSA) is 59.5 Å². The summed E-state index contributed by atoms with van der Waals surface area (Å²) in [5.74, 6) is 1.05. The van der Waals surface area contributed by atoms with Crippen molar-refractivity contribution in [1.29, 1.82) is 0 Å². The fourth-order valence-electron chi connectivity index (χ4n) is 1.90. The third-order valence-corrected chi connectivity index (χ3v) is 3.06. The Labute approximate surface area is 115 Å². The monoisotopic (exact) mass is 281 g/mol. The Bertz CT molecular complexity index is 733. The Morgan fingerprint density at radius 2 is 1.79 bits per heavy atom. The first-order valence-corrected chi connectivity index (χ1v) is 5.99. The summed E-state index contributed by atoms with van der Waals surface area (Å²) in [6.45, 7) is 0. The maximum absolute atomic E-state index is 12.4. The average molecular weight is 281 g/mol. The molecule has 0 aliphatic heterocycles. The molecule has 19 heavy (non-hydrogen) atoms. The summed E-state index contributed by atoms with van der Waals surface area (Å²) >= 11 is 5.18. The van der Waals surface area contributed by atoms with Crippen LogP contribution in [-0.2, 0) is 0 Å². The number of nitrogens with zero attached hydrogens (tertiary/aromatic N) is 2. The molecular formula is C12H15N3O3S. The first kappa shape index (κ1) is 13.4. The fourth-order valence-corrected chi connectivity index (χ4v) is 2.25. The van der Waals surface area contributed by atoms with Crippen molar-refractivity contribution in [3.8, 4) is 11.5 Å². The van der Waals surface area contributed by atoms with Gasteiger partial charge in [-0.3, -0.25) is 4.79 Å². The van der Waals surface area contributed by atoms with E-state index >= 15 is 0 Å². The zero-order chi connectivity index (χ0) is 14.2. The molecular weight excluding hydrogens is 266 g/mol. The van der Waals surface area contributed by atoms with E-state index in [4.69, 9.17) is 21.7 Å². The van der Waals surface area contributed by atoms with E-state index in [0.29, 0.717) is 27.2 Å². The van der Waals surface area contributed by atoms with Gasteiger partial charge < -0.3 is 19.5 Å². The number of ether oxygens (including phenoxy) is 2. The van der Waals surface area contributed by atoms with Crippen molar-refractivity contribution in [2.24, 2.45) is 0 Å². The third-order valence-electron chi connectivity index (χ3n) is 2.78. The van der Waals surface area contributed by atoms with Crippen molar-refractivity contribution in [1.82, 2.24) is 9.66 Å². The molecule has 2 aromatic rings. The van der Waals surface area contributed by atoms with Crippen molar-refractivity contribution in [3.63, 3.8) is 0 Å². The summed E-state index contributed by atoms with van der Waals surface area (Å²) in [6, 6.07) is 3.34. The molecule has 1 aromatic carbocycles. The highest BCUT2D eigenvalue weighted by Gasteiger charge is 2.12. The van der Waals surface area contributed by atoms with Crippen LogP contribution >= 0.6 is 12.2 Å². The summed E-state index contributed by atoms with van der Waals surface area (Å²) < 4.78 is 12.1. The van der Waals surface area contributed by atoms with Gasteiger partial charge in [-0.25, -0.2) is 0 Å². The quantitative estimate of drug-likeness (QED) is 0.859. The first-order valence-electron chi connectivity index (χ1n) is 5.58. The molecule has 0 atom stereocenters. The Kier molecular flexibility index (Phi) is 3.48. The minimum absolute atomic E-state index is 0.204. The van der Waals surface area contributed by atoms with Crippen LogP contribution in [0.4, 0.5) is 0 Å². The van der Waals surface area contributed by atoms with E-state index in [-0.39, 0.29) is 5.56 Å². The average Bonchev–Trinajstić information content (AvgIpc) is 2.36. The number of nitrogens with one attached hydrogen (secondary N) is 1. The number of hydrogen-bond acceptors (Lipinski definition) is 5. The van der Waals surface area contributed by atoms with Gasteiger partial charge in [-0.15, -0.1) is 0 Å². The molecule has 0 unspecified atom stereocenters. The second-order valence-electron chi connectivity index (χ2n) is 4.15. The number of benzene rings is 1. The van der Waals surface area contributed by atoms with Gasteiger partial charge in [0, 0.05) is 20.2 Å². The van der Waals surface area contributed by atoms with Gasteiger partial charge in [-0.2, -0.15) is 4.68 Å². The predicted molar refractivity (Wildman–Crippen MR) is 76.6 cm³/mol. The van der Waals surface area contributed by atoms with Gasteiger partial charge >= 0.3 is 0 Å². The van der Waals surface area contributed by atoms with E-state index in [1.807, 2.05) is 0 Å². The van der Waals surface area contributed by atoms with E-state index in [1.165, 1.54) is 11.8 Å². The smallest absolute Gasteiger partial charge is 0.281 e. The lowest BCUT2D eigenvalue weighted by molar-refractivity contribution is 0.355. The summed E-state index contributed by atoms with van der Waals surface area (Å²) in [6.07, 6.45) is 0. The molecule has 0 saturated carbocycles. The van der Waals surface area contributed by atoms with E-state index in [9.17, 15) is 4.79 Å². The van der Waals surface area contributed by atoms with Crippen molar-refractivity contribution in [3.05, 3.63) is 27.3 Å². The summed E-state index contributed by atoms with van der Waals surface area (Å²) in [4.78, 5) is 15.4. The predicted octanol–water partition coefficient (Wildman–Crippen LogP) is 1.27. The van der Waals surface area contributed by atoms with Gasteiger partial charge in [-0.1, -0.05) is 0 Å². The van der Waals surface area contributed by atoms with Crippen LogP contribution in [-0.4, -0.2) is 38.0 Å². The van der Waals surface area contributed by atoms with Crippen molar-refractivity contribution in [2.75, 3.05) is 33.3 Å². The van der Waals surface area contributed by atoms with Crippen molar-refractivity contribution < 1.29 is 9.47 Å². The molecule has 0 amide bonds. The van der Waals surface area contributed by atoms with Crippen molar-refractivity contribution in [2.45, 2.75) is 0 Å². The Balaban J connectivity index is 2.90. The van der Waals surface area contributed by atoms with Gasteiger partial charge in [0.15, 0.2) is 16.3 Å². The number of aromatic amines is 1. The molecule has 1 N–H and O–H groups in total. The molecule has 7 heteroatoms. The molecule has 0 radical (unpaired) electrons. The number of H-pyrrole nitrogens is 1. The molecule has 2 rings (SSSR count). The zero-order valence-electron chi connectivity index (χ0n) is 11.2. The zero-order valence-corrected chi connectivity index (χ0v) is 12.0. The molecule has 0 aliphatic carbocycles. The second-order valence-corrected chi connectivity index (χ2v) is 4.53. The Morgan fingerprint density at radius 3 is 2.32 bits per heavy atom. The summed E-state index contributed by atoms with van der Waals surface area (Å²) in [7, 11) is 6.56. The van der Waals surface area contributed by atoms with Crippen LogP contribution in [0.2, 0.25) is 0 Å². The highest BCUT2D eigenvalue weighted by atomic mass is 32.1. The van der Waals surface area contributed by atoms with Gasteiger partial charge in [0.1, 0.15) is 0 Å². The third kappa shape index (κ3) is 2.17. The number of rotatable bonds is 3. The molecule has 0 spiro atoms. The van der Waals surface area contributed by atoms with E-state index in [0.717, 1.165) is 0 Å². The van der Waals surface area contributed by atoms with Gasteiger partial charge in [0.25, 0.3) is 5.56 Å². The SMILES string of the molecule is COc1cc2[nH]c(=S)n(N(C)C)c(=O)c2cc1OC. The van der Waals surface area contributed by atoms with Gasteiger partial charge in [0.2, 0.25) is 0 Å². The highest BCUT2D eigenvalue weighted by Crippen LogP contribution is 2.29. The minimum atomic E-state index is -0.204. The van der Waals surface area contributed by atoms with Crippen LogP contribution in [0, 0.1) is 4.77 Å². The number of fused-ring (bicyclic) bond motifs is 1. The molecule has 1 aromatic heterocycles. The lowest BCUT2D eigenvalue weighted by Crippen LogP contribution is -2.37. The van der Waals surface area contributed by atoms with Crippen LogP contribution in [0.3, 0.4) is 0 Å². The van der Waals surface area contributed by atoms with Crippen molar-refractivity contribution >= 4 is 23.1 Å². The van der Waals surface area contributed by atoms with Crippen LogP contribution in [0.15, 0.2) is 16.9 Å². The lowest BCUT2D eigenvalue weighted by atomic mass is 10.2. The lowest BCUT2D eigenvalue weighted by Gasteiger charge is -2.17. The molecule has 0 bridgehead atoms. The number of aromatic nitrogens is 2. The van der Waals surface area contributed by atoms with E-state index in [1.54, 1.807) is 38.3 Å².